The number of aliphatic hydroxyl groups excluding tert-OH is 1. The predicted molar refractivity (Wildman–Crippen MR) is 85.9 cm³/mol. The summed E-state index contributed by atoms with van der Waals surface area (Å²) in [7, 11) is 3.36. The first kappa shape index (κ1) is 18.4. The number of nitrogens with zero attached hydrogens (tertiary/aromatic N) is 1. The smallest absolute Gasteiger partial charge is 0.251 e. The summed E-state index contributed by atoms with van der Waals surface area (Å²) in [5.74, 6) is -0.787. The van der Waals surface area contributed by atoms with E-state index in [1.54, 1.807) is 14.1 Å². The Kier molecular flexibility index (Phi) is 6.28. The van der Waals surface area contributed by atoms with Crippen LogP contribution in [0.2, 0.25) is 0 Å². The van der Waals surface area contributed by atoms with Crippen LogP contribution in [0.25, 0.3) is 0 Å². The molecule has 24 heavy (non-hydrogen) atoms. The van der Waals surface area contributed by atoms with E-state index < -0.39 is 11.9 Å². The fourth-order valence-electron chi connectivity index (χ4n) is 2.68. The zero-order valence-electron chi connectivity index (χ0n) is 13.9. The topological polar surface area (TPSA) is 78.9 Å². The number of hydrogen-bond acceptors (Lipinski definition) is 4. The molecule has 1 saturated heterocycles. The fraction of sp³-hybridized carbons (Fsp3) is 0.529. The zero-order chi connectivity index (χ0) is 17.7. The van der Waals surface area contributed by atoms with E-state index in [2.05, 4.69) is 5.32 Å². The maximum absolute atomic E-state index is 12.9. The van der Waals surface area contributed by atoms with Gasteiger partial charge in [-0.15, -0.1) is 0 Å². The van der Waals surface area contributed by atoms with E-state index in [-0.39, 0.29) is 37.0 Å². The van der Waals surface area contributed by atoms with Crippen molar-refractivity contribution in [3.05, 3.63) is 35.6 Å². The minimum absolute atomic E-state index is 0.0366. The molecule has 132 valence electrons. The summed E-state index contributed by atoms with van der Waals surface area (Å²) < 4.78 is 18.7. The van der Waals surface area contributed by atoms with Crippen LogP contribution in [-0.4, -0.2) is 60.8 Å². The molecule has 1 aliphatic heterocycles. The third kappa shape index (κ3) is 4.75. The molecule has 0 unspecified atom stereocenters. The number of hydrogen-bond donors (Lipinski definition) is 2. The van der Waals surface area contributed by atoms with Crippen LogP contribution < -0.4 is 5.32 Å². The van der Waals surface area contributed by atoms with Crippen LogP contribution in [0.15, 0.2) is 24.3 Å². The van der Waals surface area contributed by atoms with Gasteiger partial charge in [-0.25, -0.2) is 4.39 Å². The summed E-state index contributed by atoms with van der Waals surface area (Å²) in [4.78, 5) is 25.5. The number of benzene rings is 1. The van der Waals surface area contributed by atoms with Gasteiger partial charge in [0.2, 0.25) is 5.91 Å². The van der Waals surface area contributed by atoms with E-state index in [1.807, 2.05) is 0 Å². The van der Waals surface area contributed by atoms with Gasteiger partial charge >= 0.3 is 0 Å². The number of ether oxygens (including phenoxy) is 1. The van der Waals surface area contributed by atoms with Gasteiger partial charge in [-0.1, -0.05) is 0 Å². The molecule has 0 radical (unpaired) electrons. The minimum Gasteiger partial charge on any atom is -0.394 e. The lowest BCUT2D eigenvalue weighted by Gasteiger charge is -2.36. The van der Waals surface area contributed by atoms with E-state index in [1.165, 1.54) is 29.2 Å². The van der Waals surface area contributed by atoms with Crippen molar-refractivity contribution in [1.82, 2.24) is 10.2 Å². The number of nitrogens with one attached hydrogen (secondary N) is 1. The highest BCUT2D eigenvalue weighted by atomic mass is 19.1. The summed E-state index contributed by atoms with van der Waals surface area (Å²) in [5, 5.41) is 12.3. The Hall–Kier alpha value is -1.99. The Morgan fingerprint density at radius 1 is 1.29 bits per heavy atom. The standard InChI is InChI=1S/C17H23FN2O4/c1-20(2)16(22)9-13-7-8-14(15(10-21)24-13)19-17(23)11-3-5-12(18)6-4-11/h3-6,13-15,21H,7-10H2,1-2H3,(H,19,23)/t13-,14+,15-/m1/s1. The van der Waals surface area contributed by atoms with E-state index in [4.69, 9.17) is 4.74 Å². The number of carbonyl (C=O) groups excluding carboxylic acids is 2. The molecule has 3 atom stereocenters. The number of aliphatic hydroxyl groups is 1. The first-order valence-corrected chi connectivity index (χ1v) is 7.93. The molecule has 0 aliphatic carbocycles. The second-order valence-electron chi connectivity index (χ2n) is 6.14. The number of halogens is 1. The van der Waals surface area contributed by atoms with Gasteiger partial charge < -0.3 is 20.1 Å². The average molecular weight is 338 g/mol. The van der Waals surface area contributed by atoms with Crippen LogP contribution in [0.5, 0.6) is 0 Å². The Bertz CT molecular complexity index is 576. The Morgan fingerprint density at radius 2 is 1.96 bits per heavy atom. The SMILES string of the molecule is CN(C)C(=O)C[C@H]1CC[C@H](NC(=O)c2ccc(F)cc2)[C@@H](CO)O1. The van der Waals surface area contributed by atoms with Crippen molar-refractivity contribution in [2.24, 2.45) is 0 Å². The van der Waals surface area contributed by atoms with E-state index >= 15 is 0 Å². The van der Waals surface area contributed by atoms with Crippen molar-refractivity contribution in [2.75, 3.05) is 20.7 Å². The monoisotopic (exact) mass is 338 g/mol. The van der Waals surface area contributed by atoms with Gasteiger partial charge in [-0.3, -0.25) is 9.59 Å². The van der Waals surface area contributed by atoms with Crippen molar-refractivity contribution in [1.29, 1.82) is 0 Å². The molecule has 2 N–H and O–H groups in total. The molecule has 0 bridgehead atoms. The summed E-state index contributed by atoms with van der Waals surface area (Å²) in [6, 6.07) is 4.90. The minimum atomic E-state index is -0.567. The summed E-state index contributed by atoms with van der Waals surface area (Å²) in [6.07, 6.45) is 0.634. The maximum atomic E-state index is 12.9. The summed E-state index contributed by atoms with van der Waals surface area (Å²) in [5.41, 5.74) is 0.345. The molecule has 7 heteroatoms. The highest BCUT2D eigenvalue weighted by Crippen LogP contribution is 2.22. The predicted octanol–water partition coefficient (Wildman–Crippen LogP) is 0.942. The maximum Gasteiger partial charge on any atom is 0.251 e. The highest BCUT2D eigenvalue weighted by molar-refractivity contribution is 5.94. The van der Waals surface area contributed by atoms with Crippen molar-refractivity contribution >= 4 is 11.8 Å². The first-order chi connectivity index (χ1) is 11.4. The molecule has 1 fully saturated rings. The molecule has 2 amide bonds. The Balaban J connectivity index is 1.93. The number of amides is 2. The average Bonchev–Trinajstić information content (AvgIpc) is 2.56. The lowest BCUT2D eigenvalue weighted by Crippen LogP contribution is -2.51. The molecule has 1 aromatic carbocycles. The first-order valence-electron chi connectivity index (χ1n) is 7.93. The summed E-state index contributed by atoms with van der Waals surface area (Å²) in [6.45, 7) is -0.249. The second-order valence-corrected chi connectivity index (χ2v) is 6.14. The lowest BCUT2D eigenvalue weighted by atomic mass is 9.96. The Morgan fingerprint density at radius 3 is 2.54 bits per heavy atom. The Labute approximate surface area is 140 Å². The lowest BCUT2D eigenvalue weighted by molar-refractivity contribution is -0.137. The van der Waals surface area contributed by atoms with Gasteiger partial charge in [-0.05, 0) is 37.1 Å². The van der Waals surface area contributed by atoms with Gasteiger partial charge in [0, 0.05) is 19.7 Å². The van der Waals surface area contributed by atoms with Crippen LogP contribution in [0, 0.1) is 5.82 Å². The normalized spacial score (nSPS) is 23.6. The molecular weight excluding hydrogens is 315 g/mol. The molecule has 0 saturated carbocycles. The van der Waals surface area contributed by atoms with Gasteiger partial charge in [0.15, 0.2) is 0 Å². The van der Waals surface area contributed by atoms with E-state index in [0.717, 1.165) is 0 Å². The van der Waals surface area contributed by atoms with Crippen molar-refractivity contribution < 1.29 is 23.8 Å². The largest absolute Gasteiger partial charge is 0.394 e. The molecule has 6 nitrogen and oxygen atoms in total. The number of rotatable bonds is 5. The third-order valence-electron chi connectivity index (χ3n) is 4.12. The molecule has 2 rings (SSSR count). The summed E-state index contributed by atoms with van der Waals surface area (Å²) >= 11 is 0. The van der Waals surface area contributed by atoms with E-state index in [0.29, 0.717) is 18.4 Å². The molecule has 1 aliphatic rings. The van der Waals surface area contributed by atoms with Gasteiger partial charge in [0.1, 0.15) is 11.9 Å². The quantitative estimate of drug-likeness (QED) is 0.838. The van der Waals surface area contributed by atoms with Crippen LogP contribution in [-0.2, 0) is 9.53 Å². The fourth-order valence-corrected chi connectivity index (χ4v) is 2.68. The highest BCUT2D eigenvalue weighted by Gasteiger charge is 2.33. The molecular formula is C17H23FN2O4. The molecule has 1 heterocycles. The number of carbonyl (C=O) groups is 2. The van der Waals surface area contributed by atoms with Crippen molar-refractivity contribution in [2.45, 2.75) is 37.5 Å². The second kappa shape index (κ2) is 8.21. The van der Waals surface area contributed by atoms with Gasteiger partial charge in [0.25, 0.3) is 5.91 Å². The van der Waals surface area contributed by atoms with Crippen LogP contribution >= 0.6 is 0 Å². The molecule has 1 aromatic rings. The van der Waals surface area contributed by atoms with Crippen molar-refractivity contribution in [3.63, 3.8) is 0 Å². The van der Waals surface area contributed by atoms with Crippen LogP contribution in [0.1, 0.15) is 29.6 Å². The molecule has 0 spiro atoms. The van der Waals surface area contributed by atoms with Crippen LogP contribution in [0.4, 0.5) is 4.39 Å². The van der Waals surface area contributed by atoms with Gasteiger partial charge in [-0.2, -0.15) is 0 Å². The molecule has 0 aromatic heterocycles. The zero-order valence-corrected chi connectivity index (χ0v) is 13.9. The van der Waals surface area contributed by atoms with Crippen molar-refractivity contribution in [3.8, 4) is 0 Å². The van der Waals surface area contributed by atoms with E-state index in [9.17, 15) is 19.1 Å². The van der Waals surface area contributed by atoms with Gasteiger partial charge in [0.05, 0.1) is 25.2 Å². The van der Waals surface area contributed by atoms with Crippen LogP contribution in [0.3, 0.4) is 0 Å². The third-order valence-corrected chi connectivity index (χ3v) is 4.12.